The van der Waals surface area contributed by atoms with Gasteiger partial charge < -0.3 is 15.3 Å². The minimum Gasteiger partial charge on any atom is -0.481 e. The highest BCUT2D eigenvalue weighted by atomic mass is 16.7. The van der Waals surface area contributed by atoms with E-state index >= 15 is 0 Å². The first kappa shape index (κ1) is 22.9. The second-order valence-electron chi connectivity index (χ2n) is 7.13. The quantitative estimate of drug-likeness (QED) is 0.450. The summed E-state index contributed by atoms with van der Waals surface area (Å²) in [6.07, 6.45) is 0.827. The van der Waals surface area contributed by atoms with Gasteiger partial charge in [0.2, 0.25) is 0 Å². The van der Waals surface area contributed by atoms with Gasteiger partial charge in [-0.25, -0.2) is 9.59 Å². The lowest BCUT2D eigenvalue weighted by atomic mass is 9.66. The van der Waals surface area contributed by atoms with Gasteiger partial charge in [-0.05, 0) is 30.9 Å². The van der Waals surface area contributed by atoms with Crippen LogP contribution in [0.25, 0.3) is 0 Å². The standard InChI is InChI=1S/C23H28N2O5/c1-4-23(5-2,18-14-10-7-11-15-18)19(20(26)27)21(28)30-25-22(29)24-16(3)17-12-8-6-9-13-17/h6-16,19H,4-5H2,1-3H3,(H,26,27)(H2,24,25,29)/t16-,19?/m1/s1. The molecule has 2 amide bonds. The number of benzene rings is 2. The molecule has 0 heterocycles. The van der Waals surface area contributed by atoms with Crippen molar-refractivity contribution in [2.45, 2.75) is 45.1 Å². The summed E-state index contributed by atoms with van der Waals surface area (Å²) in [6, 6.07) is 17.3. The van der Waals surface area contributed by atoms with Gasteiger partial charge in [-0.2, -0.15) is 5.48 Å². The van der Waals surface area contributed by atoms with Crippen LogP contribution in [-0.4, -0.2) is 23.1 Å². The highest BCUT2D eigenvalue weighted by Crippen LogP contribution is 2.40. The normalized spacial score (nSPS) is 13.0. The molecule has 2 atom stereocenters. The molecule has 3 N–H and O–H groups in total. The van der Waals surface area contributed by atoms with E-state index < -0.39 is 29.3 Å². The molecule has 0 aliphatic heterocycles. The summed E-state index contributed by atoms with van der Waals surface area (Å²) in [4.78, 5) is 41.8. The number of aliphatic carboxylic acids is 1. The summed E-state index contributed by atoms with van der Waals surface area (Å²) >= 11 is 0. The Balaban J connectivity index is 2.11. The Morgan fingerprint density at radius 3 is 2.00 bits per heavy atom. The Kier molecular flexibility index (Phi) is 7.98. The SMILES string of the molecule is CCC(CC)(c1ccccc1)C(C(=O)O)C(=O)ONC(=O)N[C@H](C)c1ccccc1. The van der Waals surface area contributed by atoms with Crippen LogP contribution in [0.3, 0.4) is 0 Å². The van der Waals surface area contributed by atoms with E-state index in [2.05, 4.69) is 5.32 Å². The summed E-state index contributed by atoms with van der Waals surface area (Å²) in [7, 11) is 0. The van der Waals surface area contributed by atoms with E-state index in [1.807, 2.05) is 55.7 Å². The van der Waals surface area contributed by atoms with Crippen LogP contribution in [0, 0.1) is 5.92 Å². The Hall–Kier alpha value is -3.35. The molecule has 0 fully saturated rings. The number of hydrogen-bond acceptors (Lipinski definition) is 4. The summed E-state index contributed by atoms with van der Waals surface area (Å²) in [5, 5.41) is 12.5. The van der Waals surface area contributed by atoms with Crippen LogP contribution < -0.4 is 10.8 Å². The highest BCUT2D eigenvalue weighted by molar-refractivity contribution is 5.96. The van der Waals surface area contributed by atoms with Gasteiger partial charge in [-0.3, -0.25) is 4.79 Å². The summed E-state index contributed by atoms with van der Waals surface area (Å²) in [5.74, 6) is -3.79. The third-order valence-corrected chi connectivity index (χ3v) is 5.54. The van der Waals surface area contributed by atoms with Gasteiger partial charge in [0.15, 0.2) is 5.92 Å². The molecule has 0 aliphatic rings. The maximum atomic E-state index is 12.7. The van der Waals surface area contributed by atoms with Crippen molar-refractivity contribution in [3.05, 3.63) is 71.8 Å². The highest BCUT2D eigenvalue weighted by Gasteiger charge is 2.48. The molecule has 2 aromatic rings. The van der Waals surface area contributed by atoms with Gasteiger partial charge in [0, 0.05) is 5.41 Å². The molecular formula is C23H28N2O5. The molecule has 30 heavy (non-hydrogen) atoms. The number of carboxylic acids is 1. The maximum Gasteiger partial charge on any atom is 0.348 e. The molecule has 0 spiro atoms. The topological polar surface area (TPSA) is 105 Å². The molecule has 2 aromatic carbocycles. The average Bonchev–Trinajstić information content (AvgIpc) is 2.76. The molecule has 0 saturated heterocycles. The summed E-state index contributed by atoms with van der Waals surface area (Å²) < 4.78 is 0. The molecule has 7 heteroatoms. The van der Waals surface area contributed by atoms with Gasteiger partial charge in [0.05, 0.1) is 6.04 Å². The van der Waals surface area contributed by atoms with Gasteiger partial charge in [0.25, 0.3) is 0 Å². The smallest absolute Gasteiger partial charge is 0.348 e. The first-order valence-electron chi connectivity index (χ1n) is 9.96. The second-order valence-corrected chi connectivity index (χ2v) is 7.13. The fourth-order valence-electron chi connectivity index (χ4n) is 3.77. The van der Waals surface area contributed by atoms with Crippen LogP contribution in [0.1, 0.15) is 50.8 Å². The van der Waals surface area contributed by atoms with Crippen molar-refractivity contribution < 1.29 is 24.3 Å². The van der Waals surface area contributed by atoms with Gasteiger partial charge in [-0.1, -0.05) is 74.5 Å². The third-order valence-electron chi connectivity index (χ3n) is 5.54. The lowest BCUT2D eigenvalue weighted by Gasteiger charge is -2.36. The van der Waals surface area contributed by atoms with Gasteiger partial charge in [0.1, 0.15) is 0 Å². The Morgan fingerprint density at radius 2 is 1.50 bits per heavy atom. The molecule has 2 rings (SSSR count). The number of carbonyl (C=O) groups is 3. The first-order chi connectivity index (χ1) is 14.4. The average molecular weight is 412 g/mol. The summed E-state index contributed by atoms with van der Waals surface area (Å²) in [5.41, 5.74) is 2.68. The van der Waals surface area contributed by atoms with Crippen LogP contribution >= 0.6 is 0 Å². The number of carbonyl (C=O) groups excluding carboxylic acids is 2. The number of urea groups is 1. The van der Waals surface area contributed by atoms with Crippen LogP contribution in [0.2, 0.25) is 0 Å². The van der Waals surface area contributed by atoms with Crippen LogP contribution in [0.4, 0.5) is 4.79 Å². The van der Waals surface area contributed by atoms with Gasteiger partial charge in [-0.15, -0.1) is 0 Å². The fourth-order valence-corrected chi connectivity index (χ4v) is 3.77. The van der Waals surface area contributed by atoms with E-state index in [1.54, 1.807) is 31.2 Å². The zero-order valence-electron chi connectivity index (χ0n) is 17.4. The van der Waals surface area contributed by atoms with E-state index in [0.717, 1.165) is 11.1 Å². The van der Waals surface area contributed by atoms with Crippen molar-refractivity contribution >= 4 is 18.0 Å². The van der Waals surface area contributed by atoms with E-state index in [4.69, 9.17) is 4.84 Å². The summed E-state index contributed by atoms with van der Waals surface area (Å²) in [6.45, 7) is 5.45. The molecule has 1 unspecified atom stereocenters. The van der Waals surface area contributed by atoms with Crippen molar-refractivity contribution in [1.82, 2.24) is 10.8 Å². The van der Waals surface area contributed by atoms with Crippen molar-refractivity contribution in [3.63, 3.8) is 0 Å². The molecule has 0 saturated carbocycles. The van der Waals surface area contributed by atoms with Crippen LogP contribution in [0.15, 0.2) is 60.7 Å². The van der Waals surface area contributed by atoms with Crippen LogP contribution in [0.5, 0.6) is 0 Å². The van der Waals surface area contributed by atoms with E-state index in [1.165, 1.54) is 0 Å². The van der Waals surface area contributed by atoms with Gasteiger partial charge >= 0.3 is 18.0 Å². The Labute approximate surface area is 176 Å². The number of amides is 2. The molecular weight excluding hydrogens is 384 g/mol. The zero-order valence-corrected chi connectivity index (χ0v) is 17.4. The lowest BCUT2D eigenvalue weighted by Crippen LogP contribution is -2.47. The maximum absolute atomic E-state index is 12.7. The van der Waals surface area contributed by atoms with E-state index in [0.29, 0.717) is 12.8 Å². The van der Waals surface area contributed by atoms with E-state index in [-0.39, 0.29) is 6.04 Å². The minimum absolute atomic E-state index is 0.324. The van der Waals surface area contributed by atoms with Crippen molar-refractivity contribution in [2.24, 2.45) is 5.92 Å². The molecule has 160 valence electrons. The Morgan fingerprint density at radius 1 is 0.967 bits per heavy atom. The Bertz CT molecular complexity index is 850. The van der Waals surface area contributed by atoms with E-state index in [9.17, 15) is 19.5 Å². The lowest BCUT2D eigenvalue weighted by molar-refractivity contribution is -0.166. The molecule has 7 nitrogen and oxygen atoms in total. The number of carboxylic acid groups (broad SMARTS) is 1. The first-order valence-corrected chi connectivity index (χ1v) is 9.96. The monoisotopic (exact) mass is 412 g/mol. The number of hydroxylamine groups is 1. The molecule has 0 aromatic heterocycles. The van der Waals surface area contributed by atoms with Crippen molar-refractivity contribution in [2.75, 3.05) is 0 Å². The minimum atomic E-state index is -1.47. The van der Waals surface area contributed by atoms with Crippen molar-refractivity contribution in [3.8, 4) is 0 Å². The molecule has 0 bridgehead atoms. The largest absolute Gasteiger partial charge is 0.481 e. The number of hydrogen-bond donors (Lipinski definition) is 3. The van der Waals surface area contributed by atoms with Crippen molar-refractivity contribution in [1.29, 1.82) is 0 Å². The predicted molar refractivity (Wildman–Crippen MR) is 112 cm³/mol. The molecule has 0 radical (unpaired) electrons. The van der Waals surface area contributed by atoms with Crippen LogP contribution in [-0.2, 0) is 19.8 Å². The molecule has 0 aliphatic carbocycles. The fraction of sp³-hybridized carbons (Fsp3) is 0.348. The second kappa shape index (κ2) is 10.4. The predicted octanol–water partition coefficient (Wildman–Crippen LogP) is 3.96. The number of nitrogens with one attached hydrogen (secondary N) is 2. The third kappa shape index (κ3) is 5.17. The zero-order chi connectivity index (χ0) is 22.1. The number of rotatable bonds is 8.